The van der Waals surface area contributed by atoms with E-state index in [1.807, 2.05) is 19.1 Å². The number of hydrogen-bond donors (Lipinski definition) is 1. The fraction of sp³-hybridized carbons (Fsp3) is 0.125. The van der Waals surface area contributed by atoms with Crippen LogP contribution in [-0.4, -0.2) is 4.57 Å². The van der Waals surface area contributed by atoms with Crippen molar-refractivity contribution in [2.45, 2.75) is 13.5 Å². The van der Waals surface area contributed by atoms with E-state index in [9.17, 15) is 4.39 Å². The van der Waals surface area contributed by atoms with Crippen LogP contribution in [0.4, 0.5) is 10.1 Å². The molecule has 1 heterocycles. The van der Waals surface area contributed by atoms with E-state index in [2.05, 4.69) is 32.6 Å². The van der Waals surface area contributed by atoms with E-state index in [1.165, 1.54) is 12.1 Å². The first kappa shape index (κ1) is 13.2. The summed E-state index contributed by atoms with van der Waals surface area (Å²) in [4.78, 5) is 0. The number of nitrogens with two attached hydrogens (primary N) is 1. The number of nitrogens with zero attached hydrogens (tertiary/aromatic N) is 1. The Morgan fingerprint density at radius 2 is 1.95 bits per heavy atom. The van der Waals surface area contributed by atoms with Gasteiger partial charge in [-0.1, -0.05) is 18.2 Å². The highest BCUT2D eigenvalue weighted by Crippen LogP contribution is 2.31. The number of nitrogen functional groups attached to an aromatic ring is 1. The van der Waals surface area contributed by atoms with Crippen LogP contribution in [0.2, 0.25) is 0 Å². The van der Waals surface area contributed by atoms with Crippen molar-refractivity contribution in [1.82, 2.24) is 4.57 Å². The third-order valence-electron chi connectivity index (χ3n) is 3.59. The predicted molar refractivity (Wildman–Crippen MR) is 84.3 cm³/mol. The summed E-state index contributed by atoms with van der Waals surface area (Å²) in [7, 11) is 0. The van der Waals surface area contributed by atoms with Gasteiger partial charge in [-0.3, -0.25) is 0 Å². The zero-order chi connectivity index (χ0) is 14.3. The highest BCUT2D eigenvalue weighted by molar-refractivity contribution is 9.10. The van der Waals surface area contributed by atoms with Gasteiger partial charge in [-0.05, 0) is 52.7 Å². The molecule has 2 nitrogen and oxygen atoms in total. The molecule has 3 rings (SSSR count). The van der Waals surface area contributed by atoms with Gasteiger partial charge in [0.15, 0.2) is 0 Å². The van der Waals surface area contributed by atoms with Crippen LogP contribution in [-0.2, 0) is 6.54 Å². The van der Waals surface area contributed by atoms with Gasteiger partial charge >= 0.3 is 0 Å². The minimum Gasteiger partial charge on any atom is -0.398 e. The Morgan fingerprint density at radius 1 is 1.20 bits per heavy atom. The van der Waals surface area contributed by atoms with E-state index in [4.69, 9.17) is 5.73 Å². The normalized spacial score (nSPS) is 11.2. The van der Waals surface area contributed by atoms with Crippen molar-refractivity contribution in [3.05, 3.63) is 64.0 Å². The molecule has 0 atom stereocenters. The van der Waals surface area contributed by atoms with Crippen LogP contribution < -0.4 is 5.73 Å². The maximum absolute atomic E-state index is 13.4. The molecule has 0 aliphatic heterocycles. The fourth-order valence-electron chi connectivity index (χ4n) is 2.47. The lowest BCUT2D eigenvalue weighted by atomic mass is 10.1. The van der Waals surface area contributed by atoms with E-state index >= 15 is 0 Å². The number of halogens is 2. The van der Waals surface area contributed by atoms with Gasteiger partial charge in [-0.25, -0.2) is 4.39 Å². The molecule has 102 valence electrons. The van der Waals surface area contributed by atoms with Gasteiger partial charge in [-0.15, -0.1) is 0 Å². The van der Waals surface area contributed by atoms with Crippen LogP contribution >= 0.6 is 15.9 Å². The van der Waals surface area contributed by atoms with Gasteiger partial charge in [0.2, 0.25) is 0 Å². The average molecular weight is 333 g/mol. The van der Waals surface area contributed by atoms with Crippen LogP contribution in [0.15, 0.2) is 46.9 Å². The molecule has 3 aromatic rings. The summed E-state index contributed by atoms with van der Waals surface area (Å²) in [5.41, 5.74) is 9.57. The molecule has 1 aromatic heterocycles. The Hall–Kier alpha value is -1.81. The molecule has 0 bridgehead atoms. The SMILES string of the molecule is Cc1c(Br)c2ccccc2n1Cc1cc(F)ccc1N. The molecular weight excluding hydrogens is 319 g/mol. The largest absolute Gasteiger partial charge is 0.398 e. The zero-order valence-electron chi connectivity index (χ0n) is 11.0. The van der Waals surface area contributed by atoms with Gasteiger partial charge in [0.1, 0.15) is 5.82 Å². The zero-order valence-corrected chi connectivity index (χ0v) is 12.6. The molecule has 2 aromatic carbocycles. The number of fused-ring (bicyclic) bond motifs is 1. The lowest BCUT2D eigenvalue weighted by molar-refractivity contribution is 0.624. The predicted octanol–water partition coefficient (Wildman–Crippen LogP) is 4.48. The molecule has 0 spiro atoms. The summed E-state index contributed by atoms with van der Waals surface area (Å²) >= 11 is 3.62. The minimum absolute atomic E-state index is 0.262. The van der Waals surface area contributed by atoms with Gasteiger partial charge in [-0.2, -0.15) is 0 Å². The number of benzene rings is 2. The highest BCUT2D eigenvalue weighted by Gasteiger charge is 2.12. The maximum Gasteiger partial charge on any atom is 0.123 e. The Balaban J connectivity index is 2.16. The van der Waals surface area contributed by atoms with Crippen molar-refractivity contribution in [1.29, 1.82) is 0 Å². The molecule has 2 N–H and O–H groups in total. The standard InChI is InChI=1S/C16H14BrFN2/c1-10-16(17)13-4-2-3-5-15(13)20(10)9-11-8-12(18)6-7-14(11)19/h2-8H,9,19H2,1H3. The van der Waals surface area contributed by atoms with Crippen molar-refractivity contribution in [3.8, 4) is 0 Å². The van der Waals surface area contributed by atoms with E-state index in [0.29, 0.717) is 12.2 Å². The number of hydrogen-bond acceptors (Lipinski definition) is 1. The first-order valence-corrected chi connectivity index (χ1v) is 7.14. The molecule has 20 heavy (non-hydrogen) atoms. The average Bonchev–Trinajstić information content (AvgIpc) is 2.68. The summed E-state index contributed by atoms with van der Waals surface area (Å²) in [5.74, 6) is -0.262. The molecule has 0 fully saturated rings. The molecule has 0 saturated carbocycles. The van der Waals surface area contributed by atoms with E-state index in [-0.39, 0.29) is 5.82 Å². The lowest BCUT2D eigenvalue weighted by Crippen LogP contribution is -2.05. The van der Waals surface area contributed by atoms with E-state index in [1.54, 1.807) is 6.07 Å². The molecule has 0 radical (unpaired) electrons. The number of rotatable bonds is 2. The van der Waals surface area contributed by atoms with Crippen molar-refractivity contribution in [2.75, 3.05) is 5.73 Å². The van der Waals surface area contributed by atoms with Crippen LogP contribution in [0.25, 0.3) is 10.9 Å². The summed E-state index contributed by atoms with van der Waals surface area (Å²) in [6.07, 6.45) is 0. The first-order chi connectivity index (χ1) is 9.58. The minimum atomic E-state index is -0.262. The van der Waals surface area contributed by atoms with Crippen LogP contribution in [0, 0.1) is 12.7 Å². The number of para-hydroxylation sites is 1. The van der Waals surface area contributed by atoms with Crippen molar-refractivity contribution in [2.24, 2.45) is 0 Å². The smallest absolute Gasteiger partial charge is 0.123 e. The summed E-state index contributed by atoms with van der Waals surface area (Å²) in [6.45, 7) is 2.60. The maximum atomic E-state index is 13.4. The Kier molecular flexibility index (Phi) is 3.26. The van der Waals surface area contributed by atoms with Crippen LogP contribution in [0.5, 0.6) is 0 Å². The summed E-state index contributed by atoms with van der Waals surface area (Å²) in [6, 6.07) is 12.6. The topological polar surface area (TPSA) is 30.9 Å². The molecule has 0 aliphatic rings. The molecule has 0 amide bonds. The Morgan fingerprint density at radius 3 is 2.75 bits per heavy atom. The second kappa shape index (κ2) is 4.94. The quantitative estimate of drug-likeness (QED) is 0.689. The molecular formula is C16H14BrFN2. The van der Waals surface area contributed by atoms with Gasteiger partial charge in [0.25, 0.3) is 0 Å². The summed E-state index contributed by atoms with van der Waals surface area (Å²) in [5, 5.41) is 1.15. The van der Waals surface area contributed by atoms with Gasteiger partial charge in [0.05, 0.1) is 6.54 Å². The highest BCUT2D eigenvalue weighted by atomic mass is 79.9. The second-order valence-electron chi connectivity index (χ2n) is 4.85. The molecule has 0 unspecified atom stereocenters. The Bertz CT molecular complexity index is 793. The molecule has 0 aliphatic carbocycles. The van der Waals surface area contributed by atoms with Gasteiger partial charge < -0.3 is 10.3 Å². The fourth-order valence-corrected chi connectivity index (χ4v) is 3.02. The van der Waals surface area contributed by atoms with Crippen molar-refractivity contribution < 1.29 is 4.39 Å². The summed E-state index contributed by atoms with van der Waals surface area (Å²) < 4.78 is 16.6. The van der Waals surface area contributed by atoms with Crippen molar-refractivity contribution in [3.63, 3.8) is 0 Å². The Labute approximate surface area is 125 Å². The van der Waals surface area contributed by atoms with E-state index < -0.39 is 0 Å². The molecule has 0 saturated heterocycles. The third-order valence-corrected chi connectivity index (χ3v) is 4.59. The second-order valence-corrected chi connectivity index (χ2v) is 5.64. The van der Waals surface area contributed by atoms with Crippen molar-refractivity contribution >= 4 is 32.5 Å². The number of anilines is 1. The van der Waals surface area contributed by atoms with E-state index in [0.717, 1.165) is 26.6 Å². The number of aromatic nitrogens is 1. The van der Waals surface area contributed by atoms with Crippen LogP contribution in [0.3, 0.4) is 0 Å². The third kappa shape index (κ3) is 2.10. The molecule has 4 heteroatoms. The lowest BCUT2D eigenvalue weighted by Gasteiger charge is -2.11. The van der Waals surface area contributed by atoms with Gasteiger partial charge in [0, 0.05) is 26.8 Å². The first-order valence-electron chi connectivity index (χ1n) is 6.35. The van der Waals surface area contributed by atoms with Crippen LogP contribution in [0.1, 0.15) is 11.3 Å². The monoisotopic (exact) mass is 332 g/mol.